The molecule has 0 radical (unpaired) electrons. The summed E-state index contributed by atoms with van der Waals surface area (Å²) in [5.41, 5.74) is -0.910. The van der Waals surface area contributed by atoms with Gasteiger partial charge in [0.1, 0.15) is 0 Å². The molecule has 33 heavy (non-hydrogen) atoms. The first-order valence-corrected chi connectivity index (χ1v) is 10.3. The van der Waals surface area contributed by atoms with E-state index in [2.05, 4.69) is 4.98 Å². The van der Waals surface area contributed by atoms with Crippen LogP contribution >= 0.6 is 11.6 Å². The Kier molecular flexibility index (Phi) is 4.87. The molecule has 1 heterocycles. The molecule has 0 saturated heterocycles. The minimum atomic E-state index is -4.53. The average molecular weight is 467 g/mol. The van der Waals surface area contributed by atoms with Crippen LogP contribution in [-0.2, 0) is 6.18 Å². The second-order valence-electron chi connectivity index (χ2n) is 7.52. The minimum absolute atomic E-state index is 0.119. The topological polar surface area (TPSA) is 54.9 Å². The zero-order chi connectivity index (χ0) is 23.3. The van der Waals surface area contributed by atoms with Crippen LogP contribution in [0.4, 0.5) is 13.2 Å². The monoisotopic (exact) mass is 466 g/mol. The predicted octanol–water partition coefficient (Wildman–Crippen LogP) is 6.17. The molecule has 0 fully saturated rings. The van der Waals surface area contributed by atoms with Gasteiger partial charge in [-0.25, -0.2) is 9.36 Å². The normalized spacial score (nSPS) is 11.9. The van der Waals surface area contributed by atoms with E-state index in [4.69, 9.17) is 11.6 Å². The van der Waals surface area contributed by atoms with Gasteiger partial charge >= 0.3 is 11.9 Å². The average Bonchev–Trinajstić information content (AvgIpc) is 2.78. The fourth-order valence-electron chi connectivity index (χ4n) is 3.93. The van der Waals surface area contributed by atoms with Crippen LogP contribution in [0.15, 0.2) is 88.5 Å². The maximum Gasteiger partial charge on any atom is 0.416 e. The largest absolute Gasteiger partial charge is 0.416 e. The van der Waals surface area contributed by atoms with Crippen molar-refractivity contribution in [1.82, 2.24) is 9.55 Å². The Labute approximate surface area is 189 Å². The van der Waals surface area contributed by atoms with Gasteiger partial charge in [0.25, 0.3) is 5.56 Å². The van der Waals surface area contributed by atoms with Gasteiger partial charge in [0.2, 0.25) is 0 Å². The van der Waals surface area contributed by atoms with Crippen molar-refractivity contribution < 1.29 is 13.2 Å². The van der Waals surface area contributed by atoms with E-state index in [1.807, 2.05) is 30.3 Å². The van der Waals surface area contributed by atoms with E-state index in [-0.39, 0.29) is 21.5 Å². The third-order valence-electron chi connectivity index (χ3n) is 5.51. The lowest BCUT2D eigenvalue weighted by Gasteiger charge is -2.12. The number of rotatable bonds is 2. The van der Waals surface area contributed by atoms with Gasteiger partial charge in [0, 0.05) is 16.0 Å². The molecule has 0 aliphatic rings. The molecule has 0 unspecified atom stereocenters. The Morgan fingerprint density at radius 1 is 0.818 bits per heavy atom. The Morgan fingerprint density at radius 2 is 1.58 bits per heavy atom. The van der Waals surface area contributed by atoms with E-state index in [0.29, 0.717) is 11.3 Å². The van der Waals surface area contributed by atoms with Crippen LogP contribution in [-0.4, -0.2) is 9.55 Å². The quantitative estimate of drug-likeness (QED) is 0.338. The smallest absolute Gasteiger partial charge is 0.306 e. The highest BCUT2D eigenvalue weighted by Crippen LogP contribution is 2.36. The predicted molar refractivity (Wildman–Crippen MR) is 123 cm³/mol. The summed E-state index contributed by atoms with van der Waals surface area (Å²) in [6.07, 6.45) is -4.53. The molecule has 0 spiro atoms. The first kappa shape index (κ1) is 21.0. The maximum atomic E-state index is 13.3. The van der Waals surface area contributed by atoms with Gasteiger partial charge < -0.3 is 4.98 Å². The van der Waals surface area contributed by atoms with Gasteiger partial charge in [0.05, 0.1) is 22.2 Å². The molecule has 1 aromatic heterocycles. The van der Waals surface area contributed by atoms with Gasteiger partial charge in [-0.05, 0) is 47.3 Å². The number of aromatic nitrogens is 2. The zero-order valence-electron chi connectivity index (χ0n) is 16.8. The van der Waals surface area contributed by atoms with Gasteiger partial charge in [0.15, 0.2) is 0 Å². The van der Waals surface area contributed by atoms with Crippen molar-refractivity contribution in [3.63, 3.8) is 0 Å². The summed E-state index contributed by atoms with van der Waals surface area (Å²) in [5, 5.41) is 1.94. The highest BCUT2D eigenvalue weighted by molar-refractivity contribution is 6.33. The first-order chi connectivity index (χ1) is 15.7. The van der Waals surface area contributed by atoms with Crippen LogP contribution in [0.25, 0.3) is 38.5 Å². The second-order valence-corrected chi connectivity index (χ2v) is 7.93. The van der Waals surface area contributed by atoms with E-state index < -0.39 is 23.0 Å². The number of halogens is 4. The van der Waals surface area contributed by atoms with Crippen molar-refractivity contribution in [1.29, 1.82) is 0 Å². The van der Waals surface area contributed by atoms with Gasteiger partial charge in [-0.1, -0.05) is 54.1 Å². The minimum Gasteiger partial charge on any atom is -0.306 e. The molecular formula is C25H14ClF3N2O2. The number of hydrogen-bond acceptors (Lipinski definition) is 2. The maximum absolute atomic E-state index is 13.3. The van der Waals surface area contributed by atoms with E-state index in [9.17, 15) is 22.8 Å². The number of nitrogens with zero attached hydrogens (tertiary/aromatic N) is 1. The number of H-pyrrole nitrogens is 1. The number of nitrogens with one attached hydrogen (secondary N) is 1. The molecule has 4 nitrogen and oxygen atoms in total. The number of alkyl halides is 3. The van der Waals surface area contributed by atoms with Crippen molar-refractivity contribution in [2.45, 2.75) is 6.18 Å². The summed E-state index contributed by atoms with van der Waals surface area (Å²) in [5.74, 6) is 0. The number of hydrogen-bond donors (Lipinski definition) is 1. The van der Waals surface area contributed by atoms with Crippen molar-refractivity contribution in [2.75, 3.05) is 0 Å². The van der Waals surface area contributed by atoms with Gasteiger partial charge in [-0.3, -0.25) is 4.79 Å². The molecule has 0 bridgehead atoms. The molecule has 1 N–H and O–H groups in total. The van der Waals surface area contributed by atoms with E-state index in [1.54, 1.807) is 12.1 Å². The highest BCUT2D eigenvalue weighted by atomic mass is 35.5. The summed E-state index contributed by atoms with van der Waals surface area (Å²) in [6, 6.07) is 20.1. The summed E-state index contributed by atoms with van der Waals surface area (Å²) in [7, 11) is 0. The van der Waals surface area contributed by atoms with Gasteiger partial charge in [-0.2, -0.15) is 13.2 Å². The third-order valence-corrected chi connectivity index (χ3v) is 5.84. The molecule has 0 atom stereocenters. The Bertz CT molecular complexity index is 1660. The summed E-state index contributed by atoms with van der Waals surface area (Å²) < 4.78 is 40.5. The second kappa shape index (κ2) is 7.64. The molecule has 0 aliphatic heterocycles. The standard InChI is InChI=1S/C25H14ClF3N2O2/c26-20-11-9-16(25(27,28)29)13-19(20)15-8-10-18-21(12-15)30-24(33)31(23(18)32)22-7-3-5-14-4-1-2-6-17(14)22/h1-13H,(H,30,33). The van der Waals surface area contributed by atoms with E-state index in [1.165, 1.54) is 24.3 Å². The molecule has 164 valence electrons. The van der Waals surface area contributed by atoms with Crippen LogP contribution in [0.5, 0.6) is 0 Å². The van der Waals surface area contributed by atoms with Crippen LogP contribution in [0.1, 0.15) is 5.56 Å². The lowest BCUT2D eigenvalue weighted by atomic mass is 10.0. The fraction of sp³-hybridized carbons (Fsp3) is 0.0400. The van der Waals surface area contributed by atoms with Crippen LogP contribution in [0.2, 0.25) is 5.02 Å². The SMILES string of the molecule is O=c1[nH]c2cc(-c3cc(C(F)(F)F)ccc3Cl)ccc2c(=O)n1-c1cccc2ccccc12. The van der Waals surface area contributed by atoms with Crippen LogP contribution in [0, 0.1) is 0 Å². The van der Waals surface area contributed by atoms with Crippen molar-refractivity contribution in [3.05, 3.63) is 110 Å². The lowest BCUT2D eigenvalue weighted by molar-refractivity contribution is -0.137. The van der Waals surface area contributed by atoms with Crippen LogP contribution < -0.4 is 11.2 Å². The molecule has 0 aliphatic carbocycles. The van der Waals surface area contributed by atoms with Crippen molar-refractivity contribution in [3.8, 4) is 16.8 Å². The summed E-state index contributed by atoms with van der Waals surface area (Å²) >= 11 is 6.15. The molecular weight excluding hydrogens is 453 g/mol. The Hall–Kier alpha value is -3.84. The third kappa shape index (κ3) is 3.60. The Balaban J connectivity index is 1.72. The number of fused-ring (bicyclic) bond motifs is 2. The van der Waals surface area contributed by atoms with Gasteiger partial charge in [-0.15, -0.1) is 0 Å². The highest BCUT2D eigenvalue weighted by Gasteiger charge is 2.31. The number of benzene rings is 4. The van der Waals surface area contributed by atoms with Crippen molar-refractivity contribution >= 4 is 33.3 Å². The Morgan fingerprint density at radius 3 is 2.36 bits per heavy atom. The van der Waals surface area contributed by atoms with E-state index in [0.717, 1.165) is 27.5 Å². The van der Waals surface area contributed by atoms with Crippen molar-refractivity contribution in [2.24, 2.45) is 0 Å². The van der Waals surface area contributed by atoms with Crippen LogP contribution in [0.3, 0.4) is 0 Å². The molecule has 5 rings (SSSR count). The molecule has 8 heteroatoms. The molecule has 0 amide bonds. The summed E-state index contributed by atoms with van der Waals surface area (Å²) in [6.45, 7) is 0. The molecule has 5 aromatic rings. The lowest BCUT2D eigenvalue weighted by Crippen LogP contribution is -2.33. The summed E-state index contributed by atoms with van der Waals surface area (Å²) in [4.78, 5) is 28.9. The fourth-order valence-corrected chi connectivity index (χ4v) is 4.16. The van der Waals surface area contributed by atoms with E-state index >= 15 is 0 Å². The molecule has 0 saturated carbocycles. The number of aromatic amines is 1. The molecule has 4 aromatic carbocycles. The zero-order valence-corrected chi connectivity index (χ0v) is 17.5. The first-order valence-electron chi connectivity index (χ1n) is 9.88.